The van der Waals surface area contributed by atoms with Gasteiger partial charge in [0.2, 0.25) is 5.91 Å². The van der Waals surface area contributed by atoms with Crippen molar-refractivity contribution in [3.8, 4) is 5.75 Å². The number of aliphatic hydroxyl groups excluding tert-OH is 6. The first-order chi connectivity index (χ1) is 27.6. The second kappa shape index (κ2) is 31.5. The number of aliphatic hydroxyl groups is 6. The minimum absolute atomic E-state index is 0.0814. The highest BCUT2D eigenvalue weighted by Gasteiger charge is 2.44. The maximum Gasteiger partial charge on any atom is 0.251 e. The minimum Gasteiger partial charge on any atom is -0.497 e. The number of nitrogens with one attached hydrogen (secondary N) is 2. The first kappa shape index (κ1) is 50.8. The van der Waals surface area contributed by atoms with Crippen molar-refractivity contribution in [3.05, 3.63) is 29.8 Å². The van der Waals surface area contributed by atoms with Crippen molar-refractivity contribution < 1.29 is 54.4 Å². The molecule has 1 fully saturated rings. The molecule has 1 heterocycles. The van der Waals surface area contributed by atoms with Crippen LogP contribution in [0, 0.1) is 0 Å². The highest BCUT2D eigenvalue weighted by atomic mass is 16.7. The third-order valence-corrected chi connectivity index (χ3v) is 11.0. The second-order valence-corrected chi connectivity index (χ2v) is 15.9. The summed E-state index contributed by atoms with van der Waals surface area (Å²) in [6, 6.07) is 6.03. The van der Waals surface area contributed by atoms with Crippen molar-refractivity contribution in [2.45, 2.75) is 204 Å². The summed E-state index contributed by atoms with van der Waals surface area (Å²) in [5.41, 5.74) is 0.616. The number of methoxy groups -OCH3 is 1. The van der Waals surface area contributed by atoms with E-state index in [1.54, 1.807) is 31.4 Å². The fraction of sp³-hybridized carbons (Fsp3) is 0.818. The van der Waals surface area contributed by atoms with E-state index in [4.69, 9.17) is 14.2 Å². The Morgan fingerprint density at radius 3 is 1.79 bits per heavy atom. The van der Waals surface area contributed by atoms with Crippen LogP contribution in [-0.4, -0.2) is 118 Å². The van der Waals surface area contributed by atoms with Gasteiger partial charge in [0.05, 0.1) is 32.5 Å². The molecule has 2 amide bonds. The highest BCUT2D eigenvalue weighted by Crippen LogP contribution is 2.23. The molecule has 8 N–H and O–H groups in total. The van der Waals surface area contributed by atoms with Crippen molar-refractivity contribution in [2.75, 3.05) is 26.9 Å². The van der Waals surface area contributed by atoms with Gasteiger partial charge in [0, 0.05) is 18.5 Å². The normalized spacial score (nSPS) is 21.2. The molecule has 0 saturated carbocycles. The van der Waals surface area contributed by atoms with E-state index in [9.17, 15) is 40.2 Å². The van der Waals surface area contributed by atoms with E-state index in [0.29, 0.717) is 24.9 Å². The second-order valence-electron chi connectivity index (χ2n) is 15.9. The summed E-state index contributed by atoms with van der Waals surface area (Å²) in [5, 5.41) is 68.0. The van der Waals surface area contributed by atoms with Gasteiger partial charge in [-0.15, -0.1) is 0 Å². The molecule has 0 aromatic heterocycles. The largest absolute Gasteiger partial charge is 0.497 e. The fourth-order valence-corrected chi connectivity index (χ4v) is 7.24. The lowest BCUT2D eigenvalue weighted by Crippen LogP contribution is -2.60. The van der Waals surface area contributed by atoms with E-state index in [1.807, 2.05) is 0 Å². The van der Waals surface area contributed by atoms with Gasteiger partial charge in [0.15, 0.2) is 6.29 Å². The van der Waals surface area contributed by atoms with E-state index in [0.717, 1.165) is 82.8 Å². The van der Waals surface area contributed by atoms with E-state index in [2.05, 4.69) is 17.6 Å². The molecule has 2 rings (SSSR count). The number of benzene rings is 1. The highest BCUT2D eigenvalue weighted by molar-refractivity contribution is 5.94. The van der Waals surface area contributed by atoms with Crippen LogP contribution in [0.1, 0.15) is 165 Å². The number of ether oxygens (including phenoxy) is 3. The number of hydrogen-bond acceptors (Lipinski definition) is 11. The first-order valence-corrected chi connectivity index (χ1v) is 22.1. The zero-order chi connectivity index (χ0) is 41.7. The molecule has 57 heavy (non-hydrogen) atoms. The van der Waals surface area contributed by atoms with E-state index < -0.39 is 55.6 Å². The molecule has 330 valence electrons. The predicted octanol–water partition coefficient (Wildman–Crippen LogP) is 5.44. The van der Waals surface area contributed by atoms with Crippen molar-refractivity contribution in [1.29, 1.82) is 0 Å². The third kappa shape index (κ3) is 21.5. The lowest BCUT2D eigenvalue weighted by molar-refractivity contribution is -0.303. The van der Waals surface area contributed by atoms with Crippen molar-refractivity contribution in [1.82, 2.24) is 10.6 Å². The summed E-state index contributed by atoms with van der Waals surface area (Å²) in [7, 11) is 1.59. The zero-order valence-corrected chi connectivity index (χ0v) is 35.0. The summed E-state index contributed by atoms with van der Waals surface area (Å²) in [6.07, 6.45) is 13.8. The molecule has 8 atom stereocenters. The first-order valence-electron chi connectivity index (χ1n) is 22.1. The molecule has 0 radical (unpaired) electrons. The van der Waals surface area contributed by atoms with Gasteiger partial charge in [0.25, 0.3) is 5.91 Å². The molecule has 0 bridgehead atoms. The van der Waals surface area contributed by atoms with Crippen LogP contribution in [0.15, 0.2) is 24.3 Å². The maximum absolute atomic E-state index is 13.0. The van der Waals surface area contributed by atoms with Gasteiger partial charge in [-0.2, -0.15) is 0 Å². The van der Waals surface area contributed by atoms with Crippen LogP contribution in [0.25, 0.3) is 0 Å². The van der Waals surface area contributed by atoms with Gasteiger partial charge in [-0.1, -0.05) is 129 Å². The number of carbonyl (C=O) groups is 2. The molecule has 1 aromatic carbocycles. The Hall–Kier alpha value is -2.36. The van der Waals surface area contributed by atoms with Gasteiger partial charge in [-0.05, 0) is 43.5 Å². The third-order valence-electron chi connectivity index (χ3n) is 11.0. The molecule has 1 aliphatic rings. The van der Waals surface area contributed by atoms with Gasteiger partial charge in [0.1, 0.15) is 36.3 Å². The van der Waals surface area contributed by atoms with Crippen LogP contribution < -0.4 is 15.4 Å². The Bertz CT molecular complexity index is 1160. The standard InChI is InChI=1S/C44H78N2O11/c1-3-4-5-6-7-8-9-10-12-15-18-21-24-36(48)39(50)35(32-56-44-42(53)41(52)40(51)37(31-47)57-44)46-38(49)25-22-19-16-13-11-14-17-20-23-30-45-43(54)33-26-28-34(55-2)29-27-33/h26-29,35-37,39-42,44,47-48,50-53H,3-25,30-32H2,1-2H3,(H,45,54)(H,46,49)/t35?,36?,37-,39?,40+,41+,42-,44+/m1/s1. The smallest absolute Gasteiger partial charge is 0.251 e. The molecular formula is C44H78N2O11. The van der Waals surface area contributed by atoms with Crippen LogP contribution in [0.5, 0.6) is 5.75 Å². The van der Waals surface area contributed by atoms with Crippen LogP contribution >= 0.6 is 0 Å². The summed E-state index contributed by atoms with van der Waals surface area (Å²) in [5.74, 6) is 0.338. The quantitative estimate of drug-likeness (QED) is 0.0412. The maximum atomic E-state index is 13.0. The van der Waals surface area contributed by atoms with E-state index >= 15 is 0 Å². The SMILES string of the molecule is CCCCCCCCCCCCCCC(O)C(O)C(CO[C@H]1O[C@H](CO)[C@H](O)[C@H](O)[C@H]1O)NC(=O)CCCCCCCCCCCNC(=O)c1ccc(OC)cc1. The van der Waals surface area contributed by atoms with Crippen LogP contribution in [0.4, 0.5) is 0 Å². The van der Waals surface area contributed by atoms with Crippen LogP contribution in [0.2, 0.25) is 0 Å². The molecule has 1 aromatic rings. The molecule has 1 saturated heterocycles. The Labute approximate surface area is 342 Å². The number of amides is 2. The molecule has 3 unspecified atom stereocenters. The van der Waals surface area contributed by atoms with Gasteiger partial charge in [-0.3, -0.25) is 9.59 Å². The monoisotopic (exact) mass is 811 g/mol. The van der Waals surface area contributed by atoms with Crippen molar-refractivity contribution >= 4 is 11.8 Å². The topological polar surface area (TPSA) is 207 Å². The van der Waals surface area contributed by atoms with Crippen LogP contribution in [-0.2, 0) is 14.3 Å². The predicted molar refractivity (Wildman–Crippen MR) is 221 cm³/mol. The molecule has 13 heteroatoms. The Balaban J connectivity index is 1.67. The van der Waals surface area contributed by atoms with Gasteiger partial charge < -0.3 is 55.5 Å². The average molecular weight is 811 g/mol. The molecule has 0 spiro atoms. The summed E-state index contributed by atoms with van der Waals surface area (Å²) in [4.78, 5) is 25.3. The van der Waals surface area contributed by atoms with Crippen LogP contribution in [0.3, 0.4) is 0 Å². The van der Waals surface area contributed by atoms with E-state index in [-0.39, 0.29) is 24.8 Å². The van der Waals surface area contributed by atoms with Gasteiger partial charge in [-0.25, -0.2) is 0 Å². The lowest BCUT2D eigenvalue weighted by atomic mass is 9.98. The Morgan fingerprint density at radius 1 is 0.719 bits per heavy atom. The summed E-state index contributed by atoms with van der Waals surface area (Å²) < 4.78 is 16.3. The Morgan fingerprint density at radius 2 is 1.25 bits per heavy atom. The van der Waals surface area contributed by atoms with E-state index in [1.165, 1.54) is 51.4 Å². The molecule has 13 nitrogen and oxygen atoms in total. The lowest BCUT2D eigenvalue weighted by Gasteiger charge is -2.40. The summed E-state index contributed by atoms with van der Waals surface area (Å²) in [6.45, 7) is 1.93. The number of rotatable bonds is 34. The zero-order valence-electron chi connectivity index (χ0n) is 35.0. The minimum atomic E-state index is -1.62. The number of unbranched alkanes of at least 4 members (excludes halogenated alkanes) is 19. The molecule has 1 aliphatic heterocycles. The average Bonchev–Trinajstić information content (AvgIpc) is 3.22. The fourth-order valence-electron chi connectivity index (χ4n) is 7.24. The number of carbonyl (C=O) groups excluding carboxylic acids is 2. The molecule has 0 aliphatic carbocycles. The van der Waals surface area contributed by atoms with Crippen molar-refractivity contribution in [2.24, 2.45) is 0 Å². The summed E-state index contributed by atoms with van der Waals surface area (Å²) >= 11 is 0. The number of hydrogen-bond donors (Lipinski definition) is 8. The van der Waals surface area contributed by atoms with Crippen molar-refractivity contribution in [3.63, 3.8) is 0 Å². The van der Waals surface area contributed by atoms with Gasteiger partial charge >= 0.3 is 0 Å². The molecular weight excluding hydrogens is 732 g/mol. The Kier molecular flexibility index (Phi) is 28.1.